The van der Waals surface area contributed by atoms with Gasteiger partial charge in [-0.15, -0.1) is 0 Å². The standard InChI is InChI=1S/C23H30N2O3S/c1-5-6-13-27-21-10-8-7-9-20(21)24-23(29)25-22(26)15-28-18-11-12-19(16(2)3)17(4)14-18/h7-12,14,16H,5-6,13,15H2,1-4H3,(H2,24,25,26,29). The van der Waals surface area contributed by atoms with Crippen molar-refractivity contribution >= 4 is 28.9 Å². The fourth-order valence-corrected chi connectivity index (χ4v) is 3.10. The number of carbonyl (C=O) groups is 1. The van der Waals surface area contributed by atoms with Gasteiger partial charge in [-0.1, -0.05) is 45.4 Å². The third kappa shape index (κ3) is 7.38. The third-order valence-electron chi connectivity index (χ3n) is 4.38. The molecule has 0 atom stereocenters. The Kier molecular flexibility index (Phi) is 8.93. The minimum Gasteiger partial charge on any atom is -0.491 e. The number of anilines is 1. The van der Waals surface area contributed by atoms with Crippen molar-refractivity contribution < 1.29 is 14.3 Å². The molecule has 0 bridgehead atoms. The Morgan fingerprint density at radius 1 is 1.14 bits per heavy atom. The van der Waals surface area contributed by atoms with Crippen molar-refractivity contribution in [2.45, 2.75) is 46.5 Å². The average Bonchev–Trinajstić information content (AvgIpc) is 2.67. The predicted octanol–water partition coefficient (Wildman–Crippen LogP) is 5.19. The lowest BCUT2D eigenvalue weighted by atomic mass is 9.98. The molecule has 0 unspecified atom stereocenters. The molecule has 6 heteroatoms. The molecule has 0 heterocycles. The van der Waals surface area contributed by atoms with Crippen molar-refractivity contribution in [1.82, 2.24) is 5.32 Å². The van der Waals surface area contributed by atoms with Crippen LogP contribution in [-0.2, 0) is 4.79 Å². The Labute approximate surface area is 178 Å². The van der Waals surface area contributed by atoms with E-state index in [1.165, 1.54) is 5.56 Å². The highest BCUT2D eigenvalue weighted by molar-refractivity contribution is 7.80. The van der Waals surface area contributed by atoms with Gasteiger partial charge in [0, 0.05) is 0 Å². The van der Waals surface area contributed by atoms with E-state index < -0.39 is 0 Å². The fraction of sp³-hybridized carbons (Fsp3) is 0.391. The van der Waals surface area contributed by atoms with Gasteiger partial charge >= 0.3 is 0 Å². The van der Waals surface area contributed by atoms with Gasteiger partial charge in [0.15, 0.2) is 11.7 Å². The molecule has 2 aromatic rings. The summed E-state index contributed by atoms with van der Waals surface area (Å²) in [5, 5.41) is 5.86. The summed E-state index contributed by atoms with van der Waals surface area (Å²) in [7, 11) is 0. The predicted molar refractivity (Wildman–Crippen MR) is 122 cm³/mol. The lowest BCUT2D eigenvalue weighted by molar-refractivity contribution is -0.121. The molecule has 0 aliphatic rings. The van der Waals surface area contributed by atoms with Crippen molar-refractivity contribution in [2.24, 2.45) is 0 Å². The normalized spacial score (nSPS) is 10.5. The number of para-hydroxylation sites is 2. The van der Waals surface area contributed by atoms with Gasteiger partial charge in [0.1, 0.15) is 11.5 Å². The number of rotatable bonds is 9. The van der Waals surface area contributed by atoms with Crippen LogP contribution in [0.1, 0.15) is 50.7 Å². The van der Waals surface area contributed by atoms with Crippen molar-refractivity contribution in [3.63, 3.8) is 0 Å². The molecule has 29 heavy (non-hydrogen) atoms. The second-order valence-corrected chi connectivity index (χ2v) is 7.57. The Morgan fingerprint density at radius 2 is 1.90 bits per heavy atom. The summed E-state index contributed by atoms with van der Waals surface area (Å²) in [6.07, 6.45) is 2.04. The van der Waals surface area contributed by atoms with E-state index in [0.717, 1.165) is 24.1 Å². The minimum absolute atomic E-state index is 0.114. The topological polar surface area (TPSA) is 59.6 Å². The second kappa shape index (κ2) is 11.4. The maximum atomic E-state index is 12.2. The molecular weight excluding hydrogens is 384 g/mol. The van der Waals surface area contributed by atoms with E-state index in [1.54, 1.807) is 0 Å². The van der Waals surface area contributed by atoms with E-state index >= 15 is 0 Å². The fourth-order valence-electron chi connectivity index (χ4n) is 2.87. The molecule has 0 saturated carbocycles. The van der Waals surface area contributed by atoms with Crippen LogP contribution in [0.25, 0.3) is 0 Å². The Bertz CT molecular complexity index is 837. The molecule has 0 aliphatic carbocycles. The average molecular weight is 415 g/mol. The van der Waals surface area contributed by atoms with Crippen molar-refractivity contribution in [1.29, 1.82) is 0 Å². The summed E-state index contributed by atoms with van der Waals surface area (Å²) >= 11 is 5.25. The molecule has 0 aliphatic heterocycles. The largest absolute Gasteiger partial charge is 0.491 e. The van der Waals surface area contributed by atoms with Gasteiger partial charge < -0.3 is 14.8 Å². The molecule has 0 spiro atoms. The first-order valence-electron chi connectivity index (χ1n) is 9.96. The van der Waals surface area contributed by atoms with Crippen molar-refractivity contribution in [2.75, 3.05) is 18.5 Å². The second-order valence-electron chi connectivity index (χ2n) is 7.16. The maximum absolute atomic E-state index is 12.2. The molecule has 2 rings (SSSR count). The number of hydrogen-bond donors (Lipinski definition) is 2. The summed E-state index contributed by atoms with van der Waals surface area (Å²) in [6, 6.07) is 13.4. The zero-order valence-electron chi connectivity index (χ0n) is 17.6. The van der Waals surface area contributed by atoms with Gasteiger partial charge in [-0.3, -0.25) is 10.1 Å². The van der Waals surface area contributed by atoms with E-state index in [4.69, 9.17) is 21.7 Å². The van der Waals surface area contributed by atoms with E-state index in [2.05, 4.69) is 31.4 Å². The van der Waals surface area contributed by atoms with E-state index in [0.29, 0.717) is 24.0 Å². The molecule has 1 amide bonds. The number of ether oxygens (including phenoxy) is 2. The Balaban J connectivity index is 1.85. The third-order valence-corrected chi connectivity index (χ3v) is 4.58. The summed E-state index contributed by atoms with van der Waals surface area (Å²) in [5.41, 5.74) is 3.14. The minimum atomic E-state index is -0.322. The van der Waals surface area contributed by atoms with Gasteiger partial charge in [0.05, 0.1) is 12.3 Å². The summed E-state index contributed by atoms with van der Waals surface area (Å²) in [5.74, 6) is 1.49. The first kappa shape index (κ1) is 22.7. The van der Waals surface area contributed by atoms with Crippen LogP contribution in [0.4, 0.5) is 5.69 Å². The van der Waals surface area contributed by atoms with Crippen LogP contribution < -0.4 is 20.1 Å². The quantitative estimate of drug-likeness (QED) is 0.437. The molecule has 0 radical (unpaired) electrons. The maximum Gasteiger partial charge on any atom is 0.264 e. The molecule has 2 N–H and O–H groups in total. The van der Waals surface area contributed by atoms with Crippen LogP contribution in [0, 0.1) is 6.92 Å². The summed E-state index contributed by atoms with van der Waals surface area (Å²) in [6.45, 7) is 8.98. The number of carbonyl (C=O) groups excluding carboxylic acids is 1. The van der Waals surface area contributed by atoms with Crippen LogP contribution in [-0.4, -0.2) is 24.2 Å². The number of amides is 1. The van der Waals surface area contributed by atoms with Crippen molar-refractivity contribution in [3.05, 3.63) is 53.6 Å². The summed E-state index contributed by atoms with van der Waals surface area (Å²) < 4.78 is 11.4. The van der Waals surface area contributed by atoms with Gasteiger partial charge in [0.25, 0.3) is 5.91 Å². The number of hydrogen-bond acceptors (Lipinski definition) is 4. The number of thiocarbonyl (C=S) groups is 1. The van der Waals surface area contributed by atoms with Gasteiger partial charge in [-0.25, -0.2) is 0 Å². The zero-order chi connectivity index (χ0) is 21.2. The number of nitrogens with one attached hydrogen (secondary N) is 2. The number of aryl methyl sites for hydroxylation is 1. The Morgan fingerprint density at radius 3 is 2.59 bits per heavy atom. The van der Waals surface area contributed by atoms with E-state index in [9.17, 15) is 4.79 Å². The molecule has 156 valence electrons. The first-order chi connectivity index (χ1) is 13.9. The van der Waals surface area contributed by atoms with Crippen LogP contribution in [0.15, 0.2) is 42.5 Å². The smallest absolute Gasteiger partial charge is 0.264 e. The molecule has 0 aromatic heterocycles. The van der Waals surface area contributed by atoms with Gasteiger partial charge in [-0.05, 0) is 66.9 Å². The van der Waals surface area contributed by atoms with E-state index in [1.807, 2.05) is 49.4 Å². The SMILES string of the molecule is CCCCOc1ccccc1NC(=S)NC(=O)COc1ccc(C(C)C)c(C)c1. The van der Waals surface area contributed by atoms with Gasteiger partial charge in [0.2, 0.25) is 0 Å². The highest BCUT2D eigenvalue weighted by Gasteiger charge is 2.10. The van der Waals surface area contributed by atoms with E-state index in [-0.39, 0.29) is 17.6 Å². The van der Waals surface area contributed by atoms with Crippen LogP contribution >= 0.6 is 12.2 Å². The number of unbranched alkanes of at least 4 members (excludes halogenated alkanes) is 1. The molecular formula is C23H30N2O3S. The lowest BCUT2D eigenvalue weighted by Crippen LogP contribution is -2.37. The molecule has 5 nitrogen and oxygen atoms in total. The zero-order valence-corrected chi connectivity index (χ0v) is 18.4. The number of benzene rings is 2. The van der Waals surface area contributed by atoms with Crippen LogP contribution in [0.3, 0.4) is 0 Å². The lowest BCUT2D eigenvalue weighted by Gasteiger charge is -2.15. The highest BCUT2D eigenvalue weighted by atomic mass is 32.1. The van der Waals surface area contributed by atoms with Gasteiger partial charge in [-0.2, -0.15) is 0 Å². The van der Waals surface area contributed by atoms with Crippen LogP contribution in [0.2, 0.25) is 0 Å². The monoisotopic (exact) mass is 414 g/mol. The van der Waals surface area contributed by atoms with Crippen molar-refractivity contribution in [3.8, 4) is 11.5 Å². The molecule has 0 saturated heterocycles. The Hall–Kier alpha value is -2.60. The first-order valence-corrected chi connectivity index (χ1v) is 10.4. The summed E-state index contributed by atoms with van der Waals surface area (Å²) in [4.78, 5) is 12.2. The highest BCUT2D eigenvalue weighted by Crippen LogP contribution is 2.24. The van der Waals surface area contributed by atoms with Crippen LogP contribution in [0.5, 0.6) is 11.5 Å². The molecule has 2 aromatic carbocycles. The molecule has 0 fully saturated rings.